The van der Waals surface area contributed by atoms with Gasteiger partial charge in [0.15, 0.2) is 0 Å². The van der Waals surface area contributed by atoms with Crippen molar-refractivity contribution < 1.29 is 9.13 Å². The smallest absolute Gasteiger partial charge is 0.147 e. The van der Waals surface area contributed by atoms with Crippen molar-refractivity contribution >= 4 is 31.9 Å². The third-order valence-electron chi connectivity index (χ3n) is 1.45. The Bertz CT molecular complexity index is 353. The summed E-state index contributed by atoms with van der Waals surface area (Å²) in [7, 11) is 0. The highest BCUT2D eigenvalue weighted by Crippen LogP contribution is 2.34. The van der Waals surface area contributed by atoms with Gasteiger partial charge in [0.1, 0.15) is 19.0 Å². The van der Waals surface area contributed by atoms with Crippen LogP contribution in [0, 0.1) is 11.3 Å². The third kappa shape index (κ3) is 2.69. The number of rotatable bonds is 3. The maximum absolute atomic E-state index is 11.9. The number of benzene rings is 1. The second kappa shape index (κ2) is 5.32. The minimum Gasteiger partial charge on any atom is -0.488 e. The van der Waals surface area contributed by atoms with Crippen LogP contribution in [0.4, 0.5) is 4.39 Å². The molecule has 0 saturated heterocycles. The molecule has 74 valence electrons. The fraction of sp³-hybridized carbons (Fsp3) is 0.222. The van der Waals surface area contributed by atoms with Crippen LogP contribution in [0.2, 0.25) is 0 Å². The van der Waals surface area contributed by atoms with Gasteiger partial charge in [0.05, 0.1) is 20.6 Å². The molecule has 14 heavy (non-hydrogen) atoms. The number of nitrogens with zero attached hydrogens (tertiary/aromatic N) is 1. The van der Waals surface area contributed by atoms with Crippen LogP contribution in [0.15, 0.2) is 21.1 Å². The lowest BCUT2D eigenvalue weighted by atomic mass is 10.2. The molecule has 0 aliphatic rings. The average Bonchev–Trinajstić information content (AvgIpc) is 2.16. The Hall–Kier alpha value is -0.600. The molecule has 1 rings (SSSR count). The van der Waals surface area contributed by atoms with Crippen molar-refractivity contribution in [2.45, 2.75) is 0 Å². The first kappa shape index (κ1) is 11.5. The molecule has 1 aromatic carbocycles. The number of hydrogen-bond donors (Lipinski definition) is 0. The lowest BCUT2D eigenvalue weighted by molar-refractivity contribution is 0.270. The van der Waals surface area contributed by atoms with Gasteiger partial charge in [-0.2, -0.15) is 5.26 Å². The van der Waals surface area contributed by atoms with E-state index in [1.165, 1.54) is 0 Å². The van der Waals surface area contributed by atoms with Crippen molar-refractivity contribution in [1.29, 1.82) is 5.26 Å². The Morgan fingerprint density at radius 2 is 1.93 bits per heavy atom. The van der Waals surface area contributed by atoms with E-state index in [1.54, 1.807) is 12.1 Å². The van der Waals surface area contributed by atoms with E-state index in [4.69, 9.17) is 10.00 Å². The van der Waals surface area contributed by atoms with Gasteiger partial charge in [-0.15, -0.1) is 0 Å². The molecule has 0 radical (unpaired) electrons. The van der Waals surface area contributed by atoms with E-state index in [2.05, 4.69) is 31.9 Å². The van der Waals surface area contributed by atoms with Gasteiger partial charge in [-0.05, 0) is 44.0 Å². The van der Waals surface area contributed by atoms with Gasteiger partial charge in [-0.25, -0.2) is 4.39 Å². The summed E-state index contributed by atoms with van der Waals surface area (Å²) in [5.74, 6) is 0.515. The first-order valence-electron chi connectivity index (χ1n) is 3.77. The van der Waals surface area contributed by atoms with E-state index in [0.717, 1.165) is 0 Å². The summed E-state index contributed by atoms with van der Waals surface area (Å²) in [6.45, 7) is -0.540. The second-order valence-electron chi connectivity index (χ2n) is 2.42. The molecule has 0 aliphatic heterocycles. The monoisotopic (exact) mass is 321 g/mol. The number of hydrogen-bond acceptors (Lipinski definition) is 2. The summed E-state index contributed by atoms with van der Waals surface area (Å²) < 4.78 is 18.3. The summed E-state index contributed by atoms with van der Waals surface area (Å²) in [6, 6.07) is 5.25. The van der Waals surface area contributed by atoms with Crippen LogP contribution >= 0.6 is 31.9 Å². The molecule has 0 atom stereocenters. The second-order valence-corrected chi connectivity index (χ2v) is 4.13. The lowest BCUT2D eigenvalue weighted by Gasteiger charge is -2.08. The molecule has 0 unspecified atom stereocenters. The highest BCUT2D eigenvalue weighted by atomic mass is 79.9. The predicted molar refractivity (Wildman–Crippen MR) is 58.0 cm³/mol. The fourth-order valence-corrected chi connectivity index (χ4v) is 2.32. The minimum absolute atomic E-state index is 0.00308. The number of ether oxygens (including phenoxy) is 1. The highest BCUT2D eigenvalue weighted by molar-refractivity contribution is 9.11. The molecular weight excluding hydrogens is 317 g/mol. The van der Waals surface area contributed by atoms with Gasteiger partial charge in [-0.3, -0.25) is 0 Å². The van der Waals surface area contributed by atoms with E-state index in [1.807, 2.05) is 6.07 Å². The molecular formula is C9H6Br2FNO. The van der Waals surface area contributed by atoms with Crippen LogP contribution in [-0.2, 0) is 0 Å². The Morgan fingerprint density at radius 1 is 1.36 bits per heavy atom. The summed E-state index contributed by atoms with van der Waals surface area (Å²) in [5.41, 5.74) is 0.511. The highest BCUT2D eigenvalue weighted by Gasteiger charge is 2.08. The van der Waals surface area contributed by atoms with Gasteiger partial charge < -0.3 is 4.74 Å². The molecule has 0 aromatic heterocycles. The molecule has 2 nitrogen and oxygen atoms in total. The first-order chi connectivity index (χ1) is 6.69. The summed E-state index contributed by atoms with van der Waals surface area (Å²) in [5, 5.41) is 8.66. The van der Waals surface area contributed by atoms with Gasteiger partial charge in [0, 0.05) is 0 Å². The number of nitriles is 1. The molecule has 1 aromatic rings. The third-order valence-corrected chi connectivity index (χ3v) is 2.63. The topological polar surface area (TPSA) is 33.0 Å². The zero-order valence-corrected chi connectivity index (χ0v) is 10.2. The quantitative estimate of drug-likeness (QED) is 0.854. The van der Waals surface area contributed by atoms with Gasteiger partial charge in [0.2, 0.25) is 0 Å². The maximum Gasteiger partial charge on any atom is 0.147 e. The van der Waals surface area contributed by atoms with Crippen LogP contribution < -0.4 is 4.74 Å². The predicted octanol–water partition coefficient (Wildman–Crippen LogP) is 3.43. The molecule has 0 saturated carbocycles. The normalized spacial score (nSPS) is 9.57. The molecule has 0 fully saturated rings. The summed E-state index contributed by atoms with van der Waals surface area (Å²) in [4.78, 5) is 0. The summed E-state index contributed by atoms with van der Waals surface area (Å²) >= 11 is 6.48. The van der Waals surface area contributed by atoms with Crippen LogP contribution in [-0.4, -0.2) is 13.3 Å². The largest absolute Gasteiger partial charge is 0.488 e. The summed E-state index contributed by atoms with van der Waals surface area (Å²) in [6.07, 6.45) is 0. The van der Waals surface area contributed by atoms with Crippen molar-refractivity contribution in [3.63, 3.8) is 0 Å². The molecule has 0 aliphatic carbocycles. The first-order valence-corrected chi connectivity index (χ1v) is 5.35. The standard InChI is InChI=1S/C9H6Br2FNO/c10-7-3-6(5-13)4-8(11)9(7)14-2-1-12/h3-4H,1-2H2. The van der Waals surface area contributed by atoms with E-state index in [0.29, 0.717) is 20.3 Å². The van der Waals surface area contributed by atoms with Crippen LogP contribution in [0.1, 0.15) is 5.56 Å². The molecule has 0 heterocycles. The zero-order chi connectivity index (χ0) is 10.6. The van der Waals surface area contributed by atoms with Gasteiger partial charge in [-0.1, -0.05) is 0 Å². The van der Waals surface area contributed by atoms with Crippen molar-refractivity contribution in [2.75, 3.05) is 13.3 Å². The minimum atomic E-state index is -0.543. The lowest BCUT2D eigenvalue weighted by Crippen LogP contribution is -2.00. The van der Waals surface area contributed by atoms with Crippen LogP contribution in [0.25, 0.3) is 0 Å². The van der Waals surface area contributed by atoms with E-state index in [-0.39, 0.29) is 6.61 Å². The molecule has 0 amide bonds. The molecule has 0 spiro atoms. The Balaban J connectivity index is 3.01. The zero-order valence-electron chi connectivity index (χ0n) is 7.06. The molecule has 0 bridgehead atoms. The molecule has 0 N–H and O–H groups in total. The Labute approximate surface area is 97.9 Å². The van der Waals surface area contributed by atoms with Gasteiger partial charge >= 0.3 is 0 Å². The SMILES string of the molecule is N#Cc1cc(Br)c(OCCF)c(Br)c1. The van der Waals surface area contributed by atoms with Crippen LogP contribution in [0.5, 0.6) is 5.75 Å². The van der Waals surface area contributed by atoms with Crippen LogP contribution in [0.3, 0.4) is 0 Å². The Kier molecular flexibility index (Phi) is 4.36. The van der Waals surface area contributed by atoms with E-state index < -0.39 is 6.67 Å². The fourth-order valence-electron chi connectivity index (χ4n) is 0.903. The Morgan fingerprint density at radius 3 is 2.36 bits per heavy atom. The van der Waals surface area contributed by atoms with Crippen molar-refractivity contribution in [3.05, 3.63) is 26.6 Å². The van der Waals surface area contributed by atoms with Crippen molar-refractivity contribution in [3.8, 4) is 11.8 Å². The van der Waals surface area contributed by atoms with E-state index >= 15 is 0 Å². The maximum atomic E-state index is 11.9. The molecule has 5 heteroatoms. The number of halogens is 3. The number of alkyl halides is 1. The van der Waals surface area contributed by atoms with E-state index in [9.17, 15) is 4.39 Å². The van der Waals surface area contributed by atoms with Crippen molar-refractivity contribution in [1.82, 2.24) is 0 Å². The average molecular weight is 323 g/mol. The van der Waals surface area contributed by atoms with Gasteiger partial charge in [0.25, 0.3) is 0 Å². The van der Waals surface area contributed by atoms with Crippen molar-refractivity contribution in [2.24, 2.45) is 0 Å².